The molecule has 0 saturated heterocycles. The van der Waals surface area contributed by atoms with Gasteiger partial charge in [0.15, 0.2) is 0 Å². The monoisotopic (exact) mass is 411 g/mol. The molecule has 0 fully saturated rings. The summed E-state index contributed by atoms with van der Waals surface area (Å²) in [6.45, 7) is 2.04. The van der Waals surface area contributed by atoms with Crippen molar-refractivity contribution < 1.29 is 18.3 Å². The minimum Gasteiger partial charge on any atom is -0.487 e. The normalized spacial score (nSPS) is 11.0. The Bertz CT molecular complexity index is 862. The van der Waals surface area contributed by atoms with Crippen molar-refractivity contribution in [2.75, 3.05) is 0 Å². The minimum atomic E-state index is -0.705. The Kier molecular flexibility index (Phi) is 6.64. The molecular formula is C18H16BrF2NO3. The Balaban J connectivity index is 2.18. The minimum absolute atomic E-state index is 0.129. The summed E-state index contributed by atoms with van der Waals surface area (Å²) in [5.74, 6) is -1.08. The van der Waals surface area contributed by atoms with Crippen LogP contribution in [0.2, 0.25) is 0 Å². The summed E-state index contributed by atoms with van der Waals surface area (Å²) in [5, 5.41) is 0. The summed E-state index contributed by atoms with van der Waals surface area (Å²) < 4.78 is 33.9. The molecule has 0 aliphatic heterocycles. The summed E-state index contributed by atoms with van der Waals surface area (Å²) in [4.78, 5) is 22.7. The highest BCUT2D eigenvalue weighted by molar-refractivity contribution is 9.10. The number of carbonyl (C=O) groups excluding carboxylic acids is 1. The van der Waals surface area contributed by atoms with E-state index in [1.54, 1.807) is 23.6 Å². The van der Waals surface area contributed by atoms with Gasteiger partial charge in [-0.2, -0.15) is 0 Å². The fraction of sp³-hybridized carbons (Fsp3) is 0.222. The van der Waals surface area contributed by atoms with Crippen LogP contribution < -0.4 is 10.3 Å². The van der Waals surface area contributed by atoms with Crippen LogP contribution in [0.3, 0.4) is 0 Å². The first-order valence-corrected chi connectivity index (χ1v) is 8.30. The Labute approximate surface area is 151 Å². The van der Waals surface area contributed by atoms with Gasteiger partial charge in [0.1, 0.15) is 34.7 Å². The molecule has 7 heteroatoms. The molecule has 2 rings (SSSR count). The number of carbonyl (C=O) groups is 1. The maximum atomic E-state index is 13.6. The largest absolute Gasteiger partial charge is 0.487 e. The van der Waals surface area contributed by atoms with Crippen molar-refractivity contribution in [3.8, 4) is 5.75 Å². The molecule has 0 atom stereocenters. The molecule has 132 valence electrons. The summed E-state index contributed by atoms with van der Waals surface area (Å²) in [6, 6.07) is 4.89. The number of aryl methyl sites for hydroxylation is 1. The van der Waals surface area contributed by atoms with Crippen LogP contribution in [0.15, 0.2) is 45.7 Å². The van der Waals surface area contributed by atoms with Crippen LogP contribution in [0.4, 0.5) is 8.78 Å². The van der Waals surface area contributed by atoms with E-state index < -0.39 is 11.6 Å². The molecule has 0 aliphatic rings. The number of hydrogen-bond acceptors (Lipinski definition) is 3. The Hall–Kier alpha value is -2.28. The number of benzene rings is 1. The highest BCUT2D eigenvalue weighted by atomic mass is 79.9. The van der Waals surface area contributed by atoms with Crippen LogP contribution in [-0.4, -0.2) is 10.9 Å². The van der Waals surface area contributed by atoms with Crippen LogP contribution in [-0.2, 0) is 17.9 Å². The molecule has 25 heavy (non-hydrogen) atoms. The first-order chi connectivity index (χ1) is 11.9. The zero-order valence-corrected chi connectivity index (χ0v) is 15.1. The van der Waals surface area contributed by atoms with E-state index in [0.29, 0.717) is 24.9 Å². The highest BCUT2D eigenvalue weighted by Gasteiger charge is 2.13. The summed E-state index contributed by atoms with van der Waals surface area (Å²) in [5.41, 5.74) is 0.575. The Morgan fingerprint density at radius 2 is 2.04 bits per heavy atom. The predicted molar refractivity (Wildman–Crippen MR) is 93.7 cm³/mol. The number of halogens is 3. The lowest BCUT2D eigenvalue weighted by atomic mass is 10.2. The molecular weight excluding hydrogens is 396 g/mol. The number of hydrogen-bond donors (Lipinski definition) is 0. The second-order valence-electron chi connectivity index (χ2n) is 5.30. The third-order valence-corrected chi connectivity index (χ3v) is 4.28. The lowest BCUT2D eigenvalue weighted by Gasteiger charge is -2.14. The first kappa shape index (κ1) is 19.1. The van der Waals surface area contributed by atoms with Crippen LogP contribution >= 0.6 is 15.9 Å². The van der Waals surface area contributed by atoms with Crippen molar-refractivity contribution in [2.45, 2.75) is 26.5 Å². The van der Waals surface area contributed by atoms with Crippen LogP contribution in [0.1, 0.15) is 17.7 Å². The van der Waals surface area contributed by atoms with E-state index in [9.17, 15) is 18.4 Å². The number of allylic oxidation sites excluding steroid dienone is 2. The number of ether oxygens (including phenoxy) is 1. The van der Waals surface area contributed by atoms with Crippen molar-refractivity contribution in [1.29, 1.82) is 0 Å². The molecule has 0 bridgehead atoms. The molecule has 0 N–H and O–H groups in total. The molecule has 0 amide bonds. The van der Waals surface area contributed by atoms with E-state index in [1.807, 2.05) is 0 Å². The molecule has 2 aromatic rings. The van der Waals surface area contributed by atoms with Gasteiger partial charge < -0.3 is 9.30 Å². The lowest BCUT2D eigenvalue weighted by Crippen LogP contribution is -2.23. The van der Waals surface area contributed by atoms with E-state index in [-0.39, 0.29) is 28.0 Å². The van der Waals surface area contributed by atoms with Crippen molar-refractivity contribution >= 4 is 22.2 Å². The van der Waals surface area contributed by atoms with Crippen LogP contribution in [0, 0.1) is 18.6 Å². The van der Waals surface area contributed by atoms with E-state index >= 15 is 0 Å². The Morgan fingerprint density at radius 1 is 1.28 bits per heavy atom. The quantitative estimate of drug-likeness (QED) is 0.512. The maximum absolute atomic E-state index is 13.6. The molecule has 1 heterocycles. The van der Waals surface area contributed by atoms with Gasteiger partial charge >= 0.3 is 0 Å². The molecule has 0 unspecified atom stereocenters. The Morgan fingerprint density at radius 3 is 2.72 bits per heavy atom. The number of nitrogens with zero attached hydrogens (tertiary/aromatic N) is 1. The standard InChI is InChI=1S/C18H16BrF2NO3/c1-12-9-16(25-11-13-5-6-14(20)10-15(13)21)17(19)18(24)22(12)7-3-2-4-8-23/h2,4-6,8-10H,3,7,11H2,1H3/b4-2+. The third kappa shape index (κ3) is 4.85. The van der Waals surface area contributed by atoms with Crippen molar-refractivity contribution in [3.05, 3.63) is 74.1 Å². The summed E-state index contributed by atoms with van der Waals surface area (Å²) in [7, 11) is 0. The molecule has 0 saturated carbocycles. The molecule has 1 aromatic carbocycles. The second-order valence-corrected chi connectivity index (χ2v) is 6.09. The fourth-order valence-electron chi connectivity index (χ4n) is 2.25. The second kappa shape index (κ2) is 8.71. The third-order valence-electron chi connectivity index (χ3n) is 3.55. The van der Waals surface area contributed by atoms with E-state index in [0.717, 1.165) is 12.1 Å². The SMILES string of the molecule is Cc1cc(OCc2ccc(F)cc2F)c(Br)c(=O)n1CC/C=C/C=O. The van der Waals surface area contributed by atoms with Crippen molar-refractivity contribution in [2.24, 2.45) is 0 Å². The smallest absolute Gasteiger partial charge is 0.268 e. The molecule has 0 radical (unpaired) electrons. The van der Waals surface area contributed by atoms with Gasteiger partial charge in [0, 0.05) is 29.9 Å². The van der Waals surface area contributed by atoms with Crippen molar-refractivity contribution in [3.63, 3.8) is 0 Å². The van der Waals surface area contributed by atoms with E-state index in [4.69, 9.17) is 4.74 Å². The first-order valence-electron chi connectivity index (χ1n) is 7.51. The van der Waals surface area contributed by atoms with Crippen LogP contribution in [0.25, 0.3) is 0 Å². The van der Waals surface area contributed by atoms with Gasteiger partial charge in [-0.1, -0.05) is 6.08 Å². The van der Waals surface area contributed by atoms with Gasteiger partial charge in [-0.15, -0.1) is 0 Å². The fourth-order valence-corrected chi connectivity index (χ4v) is 2.69. The number of aldehydes is 1. The van der Waals surface area contributed by atoms with Crippen molar-refractivity contribution in [1.82, 2.24) is 4.57 Å². The average molecular weight is 412 g/mol. The van der Waals surface area contributed by atoms with Gasteiger partial charge in [0.25, 0.3) is 5.56 Å². The van der Waals surface area contributed by atoms with Gasteiger partial charge in [-0.05, 0) is 47.5 Å². The number of pyridine rings is 1. The summed E-state index contributed by atoms with van der Waals surface area (Å²) >= 11 is 3.21. The zero-order chi connectivity index (χ0) is 18.4. The number of aromatic nitrogens is 1. The predicted octanol–water partition coefficient (Wildman–Crippen LogP) is 3.92. The zero-order valence-electron chi connectivity index (χ0n) is 13.5. The van der Waals surface area contributed by atoms with Gasteiger partial charge in [-0.3, -0.25) is 9.59 Å². The van der Waals surface area contributed by atoms with Crippen LogP contribution in [0.5, 0.6) is 5.75 Å². The van der Waals surface area contributed by atoms with E-state index in [1.165, 1.54) is 12.1 Å². The molecule has 4 nitrogen and oxygen atoms in total. The molecule has 0 spiro atoms. The van der Waals surface area contributed by atoms with Gasteiger partial charge in [0.2, 0.25) is 0 Å². The summed E-state index contributed by atoms with van der Waals surface area (Å²) in [6.07, 6.45) is 4.27. The average Bonchev–Trinajstić information content (AvgIpc) is 2.57. The van der Waals surface area contributed by atoms with Gasteiger partial charge in [-0.25, -0.2) is 8.78 Å². The maximum Gasteiger partial charge on any atom is 0.268 e. The highest BCUT2D eigenvalue weighted by Crippen LogP contribution is 2.24. The topological polar surface area (TPSA) is 48.3 Å². The van der Waals surface area contributed by atoms with Gasteiger partial charge in [0.05, 0.1) is 0 Å². The number of rotatable bonds is 7. The lowest BCUT2D eigenvalue weighted by molar-refractivity contribution is -0.104. The molecule has 0 aliphatic carbocycles. The molecule has 1 aromatic heterocycles. The van der Waals surface area contributed by atoms with E-state index in [2.05, 4.69) is 15.9 Å².